The molecule has 1 aromatic rings. The van der Waals surface area contributed by atoms with Crippen LogP contribution in [0, 0.1) is 0 Å². The van der Waals surface area contributed by atoms with E-state index in [9.17, 15) is 13.2 Å². The summed E-state index contributed by atoms with van der Waals surface area (Å²) in [4.78, 5) is 3.56. The summed E-state index contributed by atoms with van der Waals surface area (Å²) >= 11 is 1.22. The lowest BCUT2D eigenvalue weighted by molar-refractivity contribution is -0.145. The molecule has 1 aliphatic carbocycles. The maximum Gasteiger partial charge on any atom is 0.453 e. The zero-order valence-electron chi connectivity index (χ0n) is 9.50. The number of alkyl halides is 3. The van der Waals surface area contributed by atoms with E-state index in [1.807, 2.05) is 0 Å². The van der Waals surface area contributed by atoms with Gasteiger partial charge in [-0.3, -0.25) is 0 Å². The van der Waals surface area contributed by atoms with Gasteiger partial charge in [-0.15, -0.1) is 5.10 Å². The Balaban J connectivity index is 2.28. The van der Waals surface area contributed by atoms with E-state index in [0.29, 0.717) is 5.16 Å². The highest BCUT2D eigenvalue weighted by Crippen LogP contribution is 2.33. The van der Waals surface area contributed by atoms with Crippen molar-refractivity contribution < 1.29 is 13.2 Å². The molecule has 0 spiro atoms. The molecule has 1 aliphatic rings. The highest BCUT2D eigenvalue weighted by atomic mass is 32.2. The van der Waals surface area contributed by atoms with Gasteiger partial charge in [-0.05, 0) is 19.1 Å². The number of nitrogens with zero attached hydrogens (tertiary/aromatic N) is 3. The maximum absolute atomic E-state index is 12.5. The van der Waals surface area contributed by atoms with Crippen LogP contribution in [-0.4, -0.2) is 21.0 Å². The number of aromatic nitrogens is 3. The summed E-state index contributed by atoms with van der Waals surface area (Å²) in [5.41, 5.74) is 0. The van der Waals surface area contributed by atoms with Crippen LogP contribution >= 0.6 is 11.8 Å². The summed E-state index contributed by atoms with van der Waals surface area (Å²) in [6.45, 7) is 0. The zero-order valence-corrected chi connectivity index (χ0v) is 10.3. The molecule has 0 bridgehead atoms. The number of rotatable bonds is 2. The number of thioether (sulfide) groups is 1. The van der Waals surface area contributed by atoms with Crippen molar-refractivity contribution in [2.75, 3.05) is 6.26 Å². The van der Waals surface area contributed by atoms with Crippen LogP contribution in [-0.2, 0) is 6.18 Å². The molecule has 0 atom stereocenters. The average molecular weight is 265 g/mol. The van der Waals surface area contributed by atoms with Gasteiger partial charge >= 0.3 is 6.18 Å². The third-order valence-corrected chi connectivity index (χ3v) is 3.60. The maximum atomic E-state index is 12.5. The van der Waals surface area contributed by atoms with E-state index in [1.54, 1.807) is 6.26 Å². The van der Waals surface area contributed by atoms with Gasteiger partial charge in [0.1, 0.15) is 0 Å². The molecule has 1 saturated carbocycles. The van der Waals surface area contributed by atoms with E-state index in [1.165, 1.54) is 16.4 Å². The van der Waals surface area contributed by atoms with E-state index in [2.05, 4.69) is 10.1 Å². The third-order valence-electron chi connectivity index (χ3n) is 2.96. The molecule has 1 heterocycles. The van der Waals surface area contributed by atoms with Crippen LogP contribution in [0.3, 0.4) is 0 Å². The summed E-state index contributed by atoms with van der Waals surface area (Å²) in [5.74, 6) is -1.02. The Morgan fingerprint density at radius 2 is 1.88 bits per heavy atom. The second-order valence-corrected chi connectivity index (χ2v) is 4.93. The first kappa shape index (κ1) is 12.7. The summed E-state index contributed by atoms with van der Waals surface area (Å²) in [6, 6.07) is 0.0785. The van der Waals surface area contributed by atoms with Crippen LogP contribution < -0.4 is 0 Å². The molecule has 0 radical (unpaired) electrons. The van der Waals surface area contributed by atoms with Gasteiger partial charge in [0.25, 0.3) is 5.82 Å². The fraction of sp³-hybridized carbons (Fsp3) is 0.800. The normalized spacial score (nSPS) is 18.6. The van der Waals surface area contributed by atoms with E-state index >= 15 is 0 Å². The molecule has 96 valence electrons. The minimum atomic E-state index is -4.45. The Kier molecular flexibility index (Phi) is 3.65. The molecule has 0 saturated heterocycles. The van der Waals surface area contributed by atoms with E-state index in [-0.39, 0.29) is 6.04 Å². The molecule has 1 aromatic heterocycles. The largest absolute Gasteiger partial charge is 0.453 e. The van der Waals surface area contributed by atoms with Crippen molar-refractivity contribution in [3.8, 4) is 0 Å². The van der Waals surface area contributed by atoms with Crippen LogP contribution in [0.1, 0.15) is 44.0 Å². The third kappa shape index (κ3) is 2.75. The van der Waals surface area contributed by atoms with E-state index in [4.69, 9.17) is 0 Å². The Morgan fingerprint density at radius 1 is 1.24 bits per heavy atom. The summed E-state index contributed by atoms with van der Waals surface area (Å²) < 4.78 is 39.1. The highest BCUT2D eigenvalue weighted by molar-refractivity contribution is 7.98. The van der Waals surface area contributed by atoms with Crippen LogP contribution in [0.5, 0.6) is 0 Å². The lowest BCUT2D eigenvalue weighted by Crippen LogP contribution is -2.16. The Bertz CT molecular complexity index is 383. The monoisotopic (exact) mass is 265 g/mol. The van der Waals surface area contributed by atoms with Crippen molar-refractivity contribution in [3.63, 3.8) is 0 Å². The van der Waals surface area contributed by atoms with Gasteiger partial charge in [0.2, 0.25) is 0 Å². The number of hydrogen-bond acceptors (Lipinski definition) is 3. The van der Waals surface area contributed by atoms with Crippen LogP contribution in [0.2, 0.25) is 0 Å². The van der Waals surface area contributed by atoms with Gasteiger partial charge in [0.15, 0.2) is 5.16 Å². The van der Waals surface area contributed by atoms with Gasteiger partial charge in [-0.2, -0.15) is 18.2 Å². The molecule has 0 unspecified atom stereocenters. The lowest BCUT2D eigenvalue weighted by atomic mass is 9.96. The van der Waals surface area contributed by atoms with Crippen molar-refractivity contribution in [1.82, 2.24) is 14.8 Å². The van der Waals surface area contributed by atoms with Gasteiger partial charge in [0.05, 0.1) is 6.04 Å². The first-order valence-electron chi connectivity index (χ1n) is 5.60. The van der Waals surface area contributed by atoms with Crippen molar-refractivity contribution in [1.29, 1.82) is 0 Å². The predicted octanol–water partition coefficient (Wildman–Crippen LogP) is 3.52. The smallest absolute Gasteiger partial charge is 0.237 e. The first-order chi connectivity index (χ1) is 8.02. The lowest BCUT2D eigenvalue weighted by Gasteiger charge is -2.22. The molecule has 3 nitrogen and oxygen atoms in total. The average Bonchev–Trinajstić information content (AvgIpc) is 2.73. The molecule has 7 heteroatoms. The van der Waals surface area contributed by atoms with Crippen LogP contribution in [0.4, 0.5) is 13.2 Å². The molecule has 17 heavy (non-hydrogen) atoms. The Hall–Kier alpha value is -0.720. The summed E-state index contributed by atoms with van der Waals surface area (Å²) in [7, 11) is 0. The quantitative estimate of drug-likeness (QED) is 0.766. The molecule has 0 amide bonds. The van der Waals surface area contributed by atoms with Crippen molar-refractivity contribution >= 4 is 11.8 Å². The zero-order chi connectivity index (χ0) is 12.5. The highest BCUT2D eigenvalue weighted by Gasteiger charge is 2.37. The van der Waals surface area contributed by atoms with Crippen LogP contribution in [0.25, 0.3) is 0 Å². The summed E-state index contributed by atoms with van der Waals surface area (Å²) in [5, 5.41) is 4.00. The minimum Gasteiger partial charge on any atom is -0.237 e. The summed E-state index contributed by atoms with van der Waals surface area (Å²) in [6.07, 6.45) is 2.33. The Labute approximate surface area is 102 Å². The van der Waals surface area contributed by atoms with Gasteiger partial charge < -0.3 is 0 Å². The van der Waals surface area contributed by atoms with Crippen molar-refractivity contribution in [2.45, 2.75) is 49.5 Å². The molecule has 0 aromatic carbocycles. The molecule has 2 rings (SSSR count). The van der Waals surface area contributed by atoms with E-state index in [0.717, 1.165) is 32.1 Å². The molecular formula is C10H14F3N3S. The van der Waals surface area contributed by atoms with Crippen molar-refractivity contribution in [3.05, 3.63) is 5.82 Å². The molecule has 0 N–H and O–H groups in total. The molecular weight excluding hydrogens is 251 g/mol. The predicted molar refractivity (Wildman–Crippen MR) is 58.9 cm³/mol. The Morgan fingerprint density at radius 3 is 2.41 bits per heavy atom. The topological polar surface area (TPSA) is 30.7 Å². The fourth-order valence-electron chi connectivity index (χ4n) is 2.13. The SMILES string of the molecule is CSc1nc(C(F)(F)F)nn1C1CCCCC1. The second kappa shape index (κ2) is 4.88. The first-order valence-corrected chi connectivity index (χ1v) is 6.82. The minimum absolute atomic E-state index is 0.0785. The second-order valence-electron chi connectivity index (χ2n) is 4.16. The molecule has 0 aliphatic heterocycles. The van der Waals surface area contributed by atoms with Gasteiger partial charge in [-0.25, -0.2) is 4.68 Å². The van der Waals surface area contributed by atoms with E-state index < -0.39 is 12.0 Å². The van der Waals surface area contributed by atoms with Gasteiger partial charge in [0, 0.05) is 0 Å². The standard InChI is InChI=1S/C10H14F3N3S/c1-17-9-14-8(10(11,12)13)15-16(9)7-5-3-2-4-6-7/h7H,2-6H2,1H3. The fourth-order valence-corrected chi connectivity index (χ4v) is 2.69. The molecule has 1 fully saturated rings. The van der Waals surface area contributed by atoms with Crippen molar-refractivity contribution in [2.24, 2.45) is 0 Å². The number of hydrogen-bond donors (Lipinski definition) is 0. The van der Waals surface area contributed by atoms with Crippen LogP contribution in [0.15, 0.2) is 5.16 Å². The van der Waals surface area contributed by atoms with Gasteiger partial charge in [-0.1, -0.05) is 31.0 Å². The number of halogens is 3.